The number of benzene rings is 1. The van der Waals surface area contributed by atoms with Crippen molar-refractivity contribution in [3.63, 3.8) is 0 Å². The van der Waals surface area contributed by atoms with Gasteiger partial charge in [-0.05, 0) is 12.1 Å². The predicted molar refractivity (Wildman–Crippen MR) is 65.2 cm³/mol. The van der Waals surface area contributed by atoms with Crippen molar-refractivity contribution in [3.05, 3.63) is 24.0 Å². The zero-order valence-corrected chi connectivity index (χ0v) is 11.1. The normalized spacial score (nSPS) is 13.2. The minimum Gasteiger partial charge on any atom is -0.494 e. The van der Waals surface area contributed by atoms with Gasteiger partial charge in [-0.2, -0.15) is 0 Å². The largest absolute Gasteiger partial charge is 0.494 e. The molecule has 1 aromatic carbocycles. The molecule has 1 aromatic rings. The third kappa shape index (κ3) is 3.58. The summed E-state index contributed by atoms with van der Waals surface area (Å²) >= 11 is 0. The maximum Gasteiger partial charge on any atom is 0.165 e. The predicted octanol–water partition coefficient (Wildman–Crippen LogP) is 2.20. The summed E-state index contributed by atoms with van der Waals surface area (Å²) < 4.78 is 28.4. The Labute approximate surface area is 106 Å². The smallest absolute Gasteiger partial charge is 0.165 e. The van der Waals surface area contributed by atoms with Gasteiger partial charge in [0, 0.05) is 18.6 Å². The molecule has 18 heavy (non-hydrogen) atoms. The minimum absolute atomic E-state index is 0.123. The molecule has 0 saturated heterocycles. The number of methoxy groups -OCH3 is 2. The van der Waals surface area contributed by atoms with Crippen LogP contribution in [-0.4, -0.2) is 32.2 Å². The number of aliphatic hydroxyl groups excluding tert-OH is 1. The van der Waals surface area contributed by atoms with E-state index >= 15 is 0 Å². The van der Waals surface area contributed by atoms with E-state index in [0.717, 1.165) is 0 Å². The number of aliphatic hydroxyl groups is 1. The van der Waals surface area contributed by atoms with Crippen LogP contribution in [0.5, 0.6) is 11.5 Å². The number of rotatable bonds is 6. The zero-order chi connectivity index (χ0) is 13.8. The fraction of sp³-hybridized carbons (Fsp3) is 0.538. The van der Waals surface area contributed by atoms with E-state index in [0.29, 0.717) is 5.75 Å². The highest BCUT2D eigenvalue weighted by Gasteiger charge is 2.29. The molecule has 0 fully saturated rings. The number of ether oxygens (including phenoxy) is 3. The van der Waals surface area contributed by atoms with Crippen LogP contribution < -0.4 is 9.47 Å². The molecule has 5 heteroatoms. The van der Waals surface area contributed by atoms with E-state index in [4.69, 9.17) is 14.2 Å². The van der Waals surface area contributed by atoms with Gasteiger partial charge in [0.05, 0.1) is 13.7 Å². The molecule has 0 aliphatic rings. The highest BCUT2D eigenvalue weighted by molar-refractivity contribution is 5.34. The molecule has 4 nitrogen and oxygen atoms in total. The van der Waals surface area contributed by atoms with Gasteiger partial charge in [0.25, 0.3) is 0 Å². The molecule has 0 radical (unpaired) electrons. The van der Waals surface area contributed by atoms with E-state index in [1.807, 2.05) is 13.8 Å². The van der Waals surface area contributed by atoms with E-state index in [1.165, 1.54) is 32.4 Å². The third-order valence-electron chi connectivity index (χ3n) is 2.63. The first kappa shape index (κ1) is 14.7. The Hall–Kier alpha value is -1.33. The maximum atomic E-state index is 13.2. The van der Waals surface area contributed by atoms with Crippen molar-refractivity contribution in [1.82, 2.24) is 0 Å². The second-order valence-electron chi connectivity index (χ2n) is 4.66. The van der Waals surface area contributed by atoms with Crippen molar-refractivity contribution >= 4 is 0 Å². The maximum absolute atomic E-state index is 13.2. The highest BCUT2D eigenvalue weighted by atomic mass is 19.1. The molecule has 0 amide bonds. The highest BCUT2D eigenvalue weighted by Crippen LogP contribution is 2.26. The zero-order valence-electron chi connectivity index (χ0n) is 11.1. The van der Waals surface area contributed by atoms with Crippen molar-refractivity contribution in [2.24, 2.45) is 5.41 Å². The quantitative estimate of drug-likeness (QED) is 0.795. The Morgan fingerprint density at radius 2 is 2.00 bits per heavy atom. The van der Waals surface area contributed by atoms with Gasteiger partial charge in [-0.25, -0.2) is 4.39 Å². The molecule has 0 heterocycles. The van der Waals surface area contributed by atoms with Gasteiger partial charge in [0.2, 0.25) is 0 Å². The molecule has 0 bridgehead atoms. The van der Waals surface area contributed by atoms with E-state index in [-0.39, 0.29) is 12.4 Å². The third-order valence-corrected chi connectivity index (χ3v) is 2.63. The van der Waals surface area contributed by atoms with Crippen LogP contribution in [0.15, 0.2) is 18.2 Å². The van der Waals surface area contributed by atoms with Crippen LogP contribution in [0.4, 0.5) is 4.39 Å². The van der Waals surface area contributed by atoms with Gasteiger partial charge >= 0.3 is 0 Å². The summed E-state index contributed by atoms with van der Waals surface area (Å²) in [6.07, 6.45) is -0.931. The SMILES string of the molecule is COc1cc(OCC(C)(C)C(O)OC)ccc1F. The van der Waals surface area contributed by atoms with Gasteiger partial charge in [-0.1, -0.05) is 13.8 Å². The Balaban J connectivity index is 2.69. The standard InChI is InChI=1S/C13H19FO4/c1-13(2,12(15)17-4)8-18-9-5-6-10(14)11(7-9)16-3/h5-7,12,15H,8H2,1-4H3. The Morgan fingerprint density at radius 1 is 1.33 bits per heavy atom. The molecule has 102 valence electrons. The molecular formula is C13H19FO4. The van der Waals surface area contributed by atoms with E-state index in [1.54, 1.807) is 0 Å². The molecule has 1 rings (SSSR count). The Morgan fingerprint density at radius 3 is 2.56 bits per heavy atom. The van der Waals surface area contributed by atoms with Gasteiger partial charge in [0.15, 0.2) is 17.9 Å². The van der Waals surface area contributed by atoms with Crippen molar-refractivity contribution in [3.8, 4) is 11.5 Å². The topological polar surface area (TPSA) is 47.9 Å². The average Bonchev–Trinajstić information content (AvgIpc) is 2.36. The van der Waals surface area contributed by atoms with Gasteiger partial charge in [0.1, 0.15) is 5.75 Å². The van der Waals surface area contributed by atoms with E-state index < -0.39 is 17.5 Å². The lowest BCUT2D eigenvalue weighted by Crippen LogP contribution is -2.36. The van der Waals surface area contributed by atoms with Crippen molar-refractivity contribution in [1.29, 1.82) is 0 Å². The summed E-state index contributed by atoms with van der Waals surface area (Å²) in [5.74, 6) is 0.156. The monoisotopic (exact) mass is 258 g/mol. The first-order chi connectivity index (χ1) is 8.40. The summed E-state index contributed by atoms with van der Waals surface area (Å²) in [5.41, 5.74) is -0.573. The minimum atomic E-state index is -0.931. The van der Waals surface area contributed by atoms with Crippen LogP contribution in [-0.2, 0) is 4.74 Å². The second-order valence-corrected chi connectivity index (χ2v) is 4.66. The summed E-state index contributed by atoms with van der Waals surface area (Å²) in [7, 11) is 2.81. The molecule has 1 N–H and O–H groups in total. The molecular weight excluding hydrogens is 239 g/mol. The first-order valence-electron chi connectivity index (χ1n) is 5.58. The molecule has 0 aliphatic heterocycles. The summed E-state index contributed by atoms with van der Waals surface area (Å²) in [6.45, 7) is 3.85. The van der Waals surface area contributed by atoms with Crippen LogP contribution in [0.1, 0.15) is 13.8 Å². The van der Waals surface area contributed by atoms with Gasteiger partial charge < -0.3 is 19.3 Å². The molecule has 1 unspecified atom stereocenters. The first-order valence-corrected chi connectivity index (χ1v) is 5.58. The van der Waals surface area contributed by atoms with E-state index in [9.17, 15) is 9.50 Å². The van der Waals surface area contributed by atoms with Crippen molar-refractivity contribution in [2.75, 3.05) is 20.8 Å². The molecule has 0 aliphatic carbocycles. The van der Waals surface area contributed by atoms with Gasteiger partial charge in [-0.15, -0.1) is 0 Å². The number of halogens is 1. The lowest BCUT2D eigenvalue weighted by atomic mass is 9.94. The van der Waals surface area contributed by atoms with E-state index in [2.05, 4.69) is 0 Å². The summed E-state index contributed by atoms with van der Waals surface area (Å²) in [4.78, 5) is 0. The fourth-order valence-electron chi connectivity index (χ4n) is 1.39. The van der Waals surface area contributed by atoms with Crippen LogP contribution in [0.2, 0.25) is 0 Å². The van der Waals surface area contributed by atoms with Crippen molar-refractivity contribution in [2.45, 2.75) is 20.1 Å². The molecule has 0 saturated carbocycles. The summed E-state index contributed by atoms with van der Waals surface area (Å²) in [6, 6.07) is 4.24. The average molecular weight is 258 g/mol. The Bertz CT molecular complexity index is 393. The van der Waals surface area contributed by atoms with Crippen LogP contribution in [0, 0.1) is 11.2 Å². The molecule has 1 atom stereocenters. The number of hydrogen-bond donors (Lipinski definition) is 1. The molecule has 0 aromatic heterocycles. The number of hydrogen-bond acceptors (Lipinski definition) is 4. The summed E-state index contributed by atoms with van der Waals surface area (Å²) in [5, 5.41) is 9.62. The second kappa shape index (κ2) is 6.02. The fourth-order valence-corrected chi connectivity index (χ4v) is 1.39. The lowest BCUT2D eigenvalue weighted by Gasteiger charge is -2.29. The van der Waals surface area contributed by atoms with Crippen molar-refractivity contribution < 1.29 is 23.7 Å². The Kier molecular flexibility index (Phi) is 4.93. The van der Waals surface area contributed by atoms with Crippen LogP contribution >= 0.6 is 0 Å². The van der Waals surface area contributed by atoms with Crippen LogP contribution in [0.25, 0.3) is 0 Å². The molecule has 0 spiro atoms. The van der Waals surface area contributed by atoms with Crippen LogP contribution in [0.3, 0.4) is 0 Å². The lowest BCUT2D eigenvalue weighted by molar-refractivity contribution is -0.155. The van der Waals surface area contributed by atoms with Gasteiger partial charge in [-0.3, -0.25) is 0 Å².